The first-order chi connectivity index (χ1) is 14.3. The molecule has 0 atom stereocenters. The van der Waals surface area contributed by atoms with E-state index in [4.69, 9.17) is 16.3 Å². The molecule has 2 aromatic carbocycles. The first kappa shape index (κ1) is 22.6. The third-order valence-electron chi connectivity index (χ3n) is 5.40. The van der Waals surface area contributed by atoms with Gasteiger partial charge in [-0.25, -0.2) is 8.42 Å². The number of carbonyl (C=O) groups is 1. The summed E-state index contributed by atoms with van der Waals surface area (Å²) in [5, 5.41) is 3.49. The first-order valence-corrected chi connectivity index (χ1v) is 11.9. The zero-order chi connectivity index (χ0) is 21.9. The van der Waals surface area contributed by atoms with E-state index in [1.807, 2.05) is 19.1 Å². The van der Waals surface area contributed by atoms with Crippen LogP contribution in [0.25, 0.3) is 0 Å². The van der Waals surface area contributed by atoms with Crippen LogP contribution >= 0.6 is 11.6 Å². The van der Waals surface area contributed by atoms with Gasteiger partial charge in [-0.1, -0.05) is 37.6 Å². The van der Waals surface area contributed by atoms with Gasteiger partial charge in [-0.15, -0.1) is 0 Å². The molecule has 0 radical (unpaired) electrons. The Morgan fingerprint density at radius 1 is 1.13 bits per heavy atom. The van der Waals surface area contributed by atoms with Crippen molar-refractivity contribution < 1.29 is 17.9 Å². The van der Waals surface area contributed by atoms with E-state index >= 15 is 0 Å². The molecular formula is C22H27ClN2O4S. The van der Waals surface area contributed by atoms with Gasteiger partial charge in [0.25, 0.3) is 0 Å². The zero-order valence-electron chi connectivity index (χ0n) is 17.4. The number of nitrogens with one attached hydrogen (secondary N) is 1. The predicted octanol–water partition coefficient (Wildman–Crippen LogP) is 4.44. The summed E-state index contributed by atoms with van der Waals surface area (Å²) in [6.45, 7) is 6.54. The van der Waals surface area contributed by atoms with Crippen molar-refractivity contribution in [1.82, 2.24) is 4.31 Å². The monoisotopic (exact) mass is 450 g/mol. The highest BCUT2D eigenvalue weighted by Gasteiger charge is 2.51. The smallest absolute Gasteiger partial charge is 0.243 e. The number of halogens is 1. The van der Waals surface area contributed by atoms with Crippen molar-refractivity contribution in [3.05, 3.63) is 53.1 Å². The molecule has 3 rings (SSSR count). The Balaban J connectivity index is 1.95. The molecule has 162 valence electrons. The number of rotatable bonds is 9. The van der Waals surface area contributed by atoms with Crippen molar-refractivity contribution in [2.24, 2.45) is 0 Å². The quantitative estimate of drug-likeness (QED) is 0.612. The lowest BCUT2D eigenvalue weighted by Gasteiger charge is -2.21. The molecule has 0 bridgehead atoms. The lowest BCUT2D eigenvalue weighted by Crippen LogP contribution is -2.31. The minimum absolute atomic E-state index is 0.123. The number of nitrogens with zero attached hydrogens (tertiary/aromatic N) is 1. The second-order valence-corrected chi connectivity index (χ2v) is 9.60. The number of carbonyl (C=O) groups excluding carboxylic acids is 1. The fraction of sp³-hybridized carbons (Fsp3) is 0.409. The van der Waals surface area contributed by atoms with Crippen molar-refractivity contribution in [3.8, 4) is 5.75 Å². The van der Waals surface area contributed by atoms with E-state index in [9.17, 15) is 13.2 Å². The number of ether oxygens (including phenoxy) is 1. The Kier molecular flexibility index (Phi) is 6.75. The Morgan fingerprint density at radius 3 is 2.40 bits per heavy atom. The van der Waals surface area contributed by atoms with Gasteiger partial charge in [-0.05, 0) is 55.7 Å². The van der Waals surface area contributed by atoms with Crippen LogP contribution in [-0.2, 0) is 20.2 Å². The van der Waals surface area contributed by atoms with Crippen molar-refractivity contribution in [2.75, 3.05) is 25.0 Å². The molecule has 0 aliphatic heterocycles. The number of hydrogen-bond donors (Lipinski definition) is 1. The molecule has 2 aromatic rings. The number of benzene rings is 2. The molecule has 1 saturated carbocycles. The minimum atomic E-state index is -3.66. The normalized spacial score (nSPS) is 15.1. The summed E-state index contributed by atoms with van der Waals surface area (Å²) in [5.74, 6) is 0.245. The Hall–Kier alpha value is -2.09. The molecule has 1 N–H and O–H groups in total. The summed E-state index contributed by atoms with van der Waals surface area (Å²) in [6.07, 6.45) is 1.42. The van der Waals surface area contributed by atoms with E-state index in [0.29, 0.717) is 49.0 Å². The third kappa shape index (κ3) is 4.33. The maximum absolute atomic E-state index is 13.2. The van der Waals surface area contributed by atoms with Crippen molar-refractivity contribution in [3.63, 3.8) is 0 Å². The Labute approximate surface area is 183 Å². The number of amides is 1. The fourth-order valence-electron chi connectivity index (χ4n) is 3.56. The SMILES string of the molecule is CCOc1ccc(S(=O)(=O)N(CC)CC)cc1NC(=O)C1(c2cccc(Cl)c2)CC1. The second kappa shape index (κ2) is 8.96. The average Bonchev–Trinajstić information content (AvgIpc) is 3.52. The molecule has 1 amide bonds. The van der Waals surface area contributed by atoms with E-state index in [1.165, 1.54) is 16.4 Å². The molecule has 0 heterocycles. The van der Waals surface area contributed by atoms with Gasteiger partial charge in [0.05, 0.1) is 22.6 Å². The summed E-state index contributed by atoms with van der Waals surface area (Å²) < 4.78 is 32.9. The molecule has 1 aliphatic rings. The topological polar surface area (TPSA) is 75.7 Å². The van der Waals surface area contributed by atoms with Gasteiger partial charge < -0.3 is 10.1 Å². The molecule has 30 heavy (non-hydrogen) atoms. The van der Waals surface area contributed by atoms with Gasteiger partial charge >= 0.3 is 0 Å². The molecule has 0 unspecified atom stereocenters. The Bertz CT molecular complexity index is 1030. The number of hydrogen-bond acceptors (Lipinski definition) is 4. The van der Waals surface area contributed by atoms with E-state index in [0.717, 1.165) is 5.56 Å². The van der Waals surface area contributed by atoms with Gasteiger partial charge in [0.1, 0.15) is 5.75 Å². The van der Waals surface area contributed by atoms with Gasteiger partial charge in [-0.2, -0.15) is 4.31 Å². The highest BCUT2D eigenvalue weighted by Crippen LogP contribution is 2.49. The molecule has 6 nitrogen and oxygen atoms in total. The molecule has 8 heteroatoms. The van der Waals surface area contributed by atoms with Crippen molar-refractivity contribution in [1.29, 1.82) is 0 Å². The van der Waals surface area contributed by atoms with Crippen LogP contribution in [0, 0.1) is 0 Å². The minimum Gasteiger partial charge on any atom is -0.492 e. The van der Waals surface area contributed by atoms with Gasteiger partial charge in [0.15, 0.2) is 0 Å². The van der Waals surface area contributed by atoms with Crippen molar-refractivity contribution in [2.45, 2.75) is 43.9 Å². The molecule has 1 aliphatic carbocycles. The van der Waals surface area contributed by atoms with Crippen LogP contribution < -0.4 is 10.1 Å². The molecule has 0 aromatic heterocycles. The Morgan fingerprint density at radius 2 is 1.83 bits per heavy atom. The van der Waals surface area contributed by atoms with Crippen LogP contribution in [0.5, 0.6) is 5.75 Å². The summed E-state index contributed by atoms with van der Waals surface area (Å²) in [5.41, 5.74) is 0.558. The summed E-state index contributed by atoms with van der Waals surface area (Å²) in [6, 6.07) is 11.9. The summed E-state index contributed by atoms with van der Waals surface area (Å²) in [7, 11) is -3.66. The summed E-state index contributed by atoms with van der Waals surface area (Å²) >= 11 is 6.12. The zero-order valence-corrected chi connectivity index (χ0v) is 19.0. The van der Waals surface area contributed by atoms with Gasteiger partial charge in [0, 0.05) is 18.1 Å². The standard InChI is InChI=1S/C22H27ClN2O4S/c1-4-25(5-2)30(27,28)18-10-11-20(29-6-3)19(15-18)24-21(26)22(12-13-22)16-8-7-9-17(23)14-16/h7-11,14-15H,4-6,12-13H2,1-3H3,(H,24,26). The predicted molar refractivity (Wildman–Crippen MR) is 119 cm³/mol. The lowest BCUT2D eigenvalue weighted by molar-refractivity contribution is -0.118. The summed E-state index contributed by atoms with van der Waals surface area (Å²) in [4.78, 5) is 13.3. The van der Waals surface area contributed by atoms with Crippen LogP contribution in [0.1, 0.15) is 39.2 Å². The maximum atomic E-state index is 13.2. The molecule has 0 saturated heterocycles. The van der Waals surface area contributed by atoms with E-state index in [-0.39, 0.29) is 10.8 Å². The van der Waals surface area contributed by atoms with Crippen LogP contribution in [0.4, 0.5) is 5.69 Å². The molecule has 0 spiro atoms. The maximum Gasteiger partial charge on any atom is 0.243 e. The average molecular weight is 451 g/mol. The van der Waals surface area contributed by atoms with E-state index in [2.05, 4.69) is 5.32 Å². The van der Waals surface area contributed by atoms with Crippen LogP contribution in [0.15, 0.2) is 47.4 Å². The third-order valence-corrected chi connectivity index (χ3v) is 7.69. The second-order valence-electron chi connectivity index (χ2n) is 7.23. The largest absolute Gasteiger partial charge is 0.492 e. The van der Waals surface area contributed by atoms with Crippen LogP contribution in [0.2, 0.25) is 5.02 Å². The van der Waals surface area contributed by atoms with Crippen LogP contribution in [0.3, 0.4) is 0 Å². The number of sulfonamides is 1. The highest BCUT2D eigenvalue weighted by atomic mass is 35.5. The molecule has 1 fully saturated rings. The van der Waals surface area contributed by atoms with Gasteiger partial charge in [0.2, 0.25) is 15.9 Å². The highest BCUT2D eigenvalue weighted by molar-refractivity contribution is 7.89. The van der Waals surface area contributed by atoms with Crippen LogP contribution in [-0.4, -0.2) is 38.3 Å². The first-order valence-electron chi connectivity index (χ1n) is 10.1. The lowest BCUT2D eigenvalue weighted by atomic mass is 9.95. The molecular weight excluding hydrogens is 424 g/mol. The number of anilines is 1. The van der Waals surface area contributed by atoms with E-state index in [1.54, 1.807) is 32.0 Å². The fourth-order valence-corrected chi connectivity index (χ4v) is 5.24. The van der Waals surface area contributed by atoms with E-state index < -0.39 is 15.4 Å². The van der Waals surface area contributed by atoms with Gasteiger partial charge in [-0.3, -0.25) is 4.79 Å². The van der Waals surface area contributed by atoms with Crippen molar-refractivity contribution >= 4 is 33.2 Å².